The minimum absolute atomic E-state index is 0.242. The molecule has 0 atom stereocenters. The van der Waals surface area contributed by atoms with E-state index in [2.05, 4.69) is 16.5 Å². The lowest BCUT2D eigenvalue weighted by molar-refractivity contribution is 0.631. The van der Waals surface area contributed by atoms with Crippen molar-refractivity contribution >= 4 is 16.7 Å². The first-order valence-corrected chi connectivity index (χ1v) is 8.53. The average molecular weight is 338 g/mol. The molecule has 0 bridgehead atoms. The molecule has 5 rings (SSSR count). The molecule has 0 N–H and O–H groups in total. The summed E-state index contributed by atoms with van der Waals surface area (Å²) in [4.78, 5) is 4.82. The second kappa shape index (κ2) is 5.81. The van der Waals surface area contributed by atoms with Crippen LogP contribution in [0.5, 0.6) is 0 Å². The van der Waals surface area contributed by atoms with Gasteiger partial charge in [-0.3, -0.25) is 4.40 Å². The number of para-hydroxylation sites is 2. The molecule has 0 spiro atoms. The summed E-state index contributed by atoms with van der Waals surface area (Å²) < 4.78 is 16.6. The molecule has 0 saturated heterocycles. The predicted octanol–water partition coefficient (Wildman–Crippen LogP) is 5.96. The molecule has 2 nitrogen and oxygen atoms in total. The Kier molecular flexibility index (Phi) is 3.32. The largest absolute Gasteiger partial charge is 0.292 e. The molecule has 5 aromatic rings. The second-order valence-corrected chi connectivity index (χ2v) is 6.24. The molecule has 0 aliphatic carbocycles. The maximum Gasteiger partial charge on any atom is 0.146 e. The third-order valence-corrected chi connectivity index (χ3v) is 4.68. The number of hydrogen-bond acceptors (Lipinski definition) is 1. The lowest BCUT2D eigenvalue weighted by Gasteiger charge is -2.11. The van der Waals surface area contributed by atoms with Gasteiger partial charge in [0.25, 0.3) is 0 Å². The van der Waals surface area contributed by atoms with Crippen molar-refractivity contribution in [2.24, 2.45) is 0 Å². The summed E-state index contributed by atoms with van der Waals surface area (Å²) >= 11 is 0. The highest BCUT2D eigenvalue weighted by molar-refractivity contribution is 5.90. The van der Waals surface area contributed by atoms with Gasteiger partial charge in [0.1, 0.15) is 11.5 Å². The van der Waals surface area contributed by atoms with Crippen LogP contribution in [0.25, 0.3) is 39.1 Å². The Labute approximate surface area is 150 Å². The lowest BCUT2D eigenvalue weighted by atomic mass is 10.0. The Morgan fingerprint density at radius 2 is 1.38 bits per heavy atom. The Bertz CT molecular complexity index is 1240. The summed E-state index contributed by atoms with van der Waals surface area (Å²) in [5.41, 5.74) is 6.16. The number of nitrogens with zero attached hydrogens (tertiary/aromatic N) is 2. The van der Waals surface area contributed by atoms with Gasteiger partial charge in [0.05, 0.1) is 16.7 Å². The smallest absolute Gasteiger partial charge is 0.146 e. The van der Waals surface area contributed by atoms with E-state index in [4.69, 9.17) is 4.98 Å². The van der Waals surface area contributed by atoms with Gasteiger partial charge in [-0.05, 0) is 35.9 Å². The van der Waals surface area contributed by atoms with Crippen molar-refractivity contribution in [1.82, 2.24) is 9.38 Å². The molecule has 3 heteroatoms. The highest BCUT2D eigenvalue weighted by atomic mass is 19.1. The van der Waals surface area contributed by atoms with Crippen LogP contribution in [-0.2, 0) is 0 Å². The first-order valence-electron chi connectivity index (χ1n) is 8.53. The molecule has 3 aromatic carbocycles. The minimum Gasteiger partial charge on any atom is -0.292 e. The summed E-state index contributed by atoms with van der Waals surface area (Å²) in [5.74, 6) is -0.242. The van der Waals surface area contributed by atoms with Crippen LogP contribution in [0.15, 0.2) is 91.0 Å². The first-order chi connectivity index (χ1) is 12.8. The number of aromatic nitrogens is 2. The Hall–Kier alpha value is -3.46. The van der Waals surface area contributed by atoms with Crippen molar-refractivity contribution < 1.29 is 4.39 Å². The fourth-order valence-electron chi connectivity index (χ4n) is 3.49. The zero-order valence-corrected chi connectivity index (χ0v) is 13.9. The van der Waals surface area contributed by atoms with Crippen LogP contribution >= 0.6 is 0 Å². The van der Waals surface area contributed by atoms with E-state index in [1.54, 1.807) is 12.1 Å². The number of imidazole rings is 1. The summed E-state index contributed by atoms with van der Waals surface area (Å²) in [5, 5.41) is 0. The number of fused-ring (bicyclic) bond motifs is 3. The van der Waals surface area contributed by atoms with E-state index in [1.165, 1.54) is 6.07 Å². The van der Waals surface area contributed by atoms with Crippen molar-refractivity contribution in [2.75, 3.05) is 0 Å². The van der Waals surface area contributed by atoms with Gasteiger partial charge in [-0.15, -0.1) is 0 Å². The third kappa shape index (κ3) is 2.21. The maximum absolute atomic E-state index is 14.4. The molecule has 26 heavy (non-hydrogen) atoms. The number of rotatable bonds is 2. The summed E-state index contributed by atoms with van der Waals surface area (Å²) in [7, 11) is 0. The van der Waals surface area contributed by atoms with Crippen molar-refractivity contribution in [2.45, 2.75) is 0 Å². The molecular weight excluding hydrogens is 323 g/mol. The molecule has 0 radical (unpaired) electrons. The quantitative estimate of drug-likeness (QED) is 0.388. The fraction of sp³-hybridized carbons (Fsp3) is 0. The number of halogens is 1. The third-order valence-electron chi connectivity index (χ3n) is 4.68. The van der Waals surface area contributed by atoms with Gasteiger partial charge in [-0.25, -0.2) is 9.37 Å². The van der Waals surface area contributed by atoms with Crippen LogP contribution in [0, 0.1) is 5.82 Å². The summed E-state index contributed by atoms with van der Waals surface area (Å²) in [6.07, 6.45) is 0. The average Bonchev–Trinajstić information content (AvgIpc) is 3.08. The predicted molar refractivity (Wildman–Crippen MR) is 104 cm³/mol. The van der Waals surface area contributed by atoms with Crippen molar-refractivity contribution in [1.29, 1.82) is 0 Å². The minimum atomic E-state index is -0.242. The molecule has 2 heterocycles. The molecule has 0 aliphatic heterocycles. The fourth-order valence-corrected chi connectivity index (χ4v) is 3.49. The van der Waals surface area contributed by atoms with Crippen LogP contribution < -0.4 is 0 Å². The molecule has 0 saturated carbocycles. The SMILES string of the molecule is Fc1ccccc1-c1ccc(-c2ccccc2)n2c1nc1ccccc12. The standard InChI is InChI=1S/C23H15FN2/c24-19-11-5-4-10-17(19)18-14-15-21(16-8-2-1-3-9-16)26-22-13-7-6-12-20(22)25-23(18)26/h1-15H. The molecule has 0 aliphatic rings. The van der Waals surface area contributed by atoms with Gasteiger partial charge in [-0.1, -0.05) is 60.7 Å². The van der Waals surface area contributed by atoms with Crippen LogP contribution in [0.4, 0.5) is 4.39 Å². The van der Waals surface area contributed by atoms with Crippen LogP contribution in [0.1, 0.15) is 0 Å². The molecule has 2 aromatic heterocycles. The molecule has 0 unspecified atom stereocenters. The summed E-state index contributed by atoms with van der Waals surface area (Å²) in [6.45, 7) is 0. The lowest BCUT2D eigenvalue weighted by Crippen LogP contribution is -1.95. The second-order valence-electron chi connectivity index (χ2n) is 6.24. The topological polar surface area (TPSA) is 17.3 Å². The zero-order valence-electron chi connectivity index (χ0n) is 13.9. The van der Waals surface area contributed by atoms with E-state index in [0.717, 1.165) is 33.5 Å². The van der Waals surface area contributed by atoms with E-state index in [0.29, 0.717) is 5.56 Å². The monoisotopic (exact) mass is 338 g/mol. The Balaban J connectivity index is 1.93. The van der Waals surface area contributed by atoms with E-state index in [9.17, 15) is 4.39 Å². The number of hydrogen-bond donors (Lipinski definition) is 0. The number of benzene rings is 3. The molecule has 0 fully saturated rings. The van der Waals surface area contributed by atoms with Gasteiger partial charge in [0, 0.05) is 11.1 Å². The van der Waals surface area contributed by atoms with Crippen LogP contribution in [-0.4, -0.2) is 9.38 Å². The Morgan fingerprint density at radius 3 is 2.23 bits per heavy atom. The van der Waals surface area contributed by atoms with Gasteiger partial charge >= 0.3 is 0 Å². The van der Waals surface area contributed by atoms with Crippen LogP contribution in [0.2, 0.25) is 0 Å². The highest BCUT2D eigenvalue weighted by Crippen LogP contribution is 2.33. The molecule has 0 amide bonds. The highest BCUT2D eigenvalue weighted by Gasteiger charge is 2.16. The van der Waals surface area contributed by atoms with Crippen LogP contribution in [0.3, 0.4) is 0 Å². The normalized spacial score (nSPS) is 11.3. The van der Waals surface area contributed by atoms with Crippen molar-refractivity contribution in [3.63, 3.8) is 0 Å². The number of pyridine rings is 1. The van der Waals surface area contributed by atoms with Crippen molar-refractivity contribution in [3.8, 4) is 22.4 Å². The first kappa shape index (κ1) is 14.8. The Morgan fingerprint density at radius 1 is 0.654 bits per heavy atom. The molecule has 124 valence electrons. The van der Waals surface area contributed by atoms with Gasteiger partial charge < -0.3 is 0 Å². The van der Waals surface area contributed by atoms with Crippen molar-refractivity contribution in [3.05, 3.63) is 96.8 Å². The van der Waals surface area contributed by atoms with E-state index in [-0.39, 0.29) is 5.82 Å². The van der Waals surface area contributed by atoms with Gasteiger partial charge in [0.2, 0.25) is 0 Å². The van der Waals surface area contributed by atoms with E-state index in [1.807, 2.05) is 60.7 Å². The van der Waals surface area contributed by atoms with Gasteiger partial charge in [0.15, 0.2) is 0 Å². The molecular formula is C23H15FN2. The van der Waals surface area contributed by atoms with E-state index >= 15 is 0 Å². The maximum atomic E-state index is 14.4. The summed E-state index contributed by atoms with van der Waals surface area (Å²) in [6, 6.07) is 29.0. The van der Waals surface area contributed by atoms with E-state index < -0.39 is 0 Å². The van der Waals surface area contributed by atoms with Gasteiger partial charge in [-0.2, -0.15) is 0 Å². The zero-order chi connectivity index (χ0) is 17.5.